The molecular weight excluding hydrogens is 132 g/mol. The summed E-state index contributed by atoms with van der Waals surface area (Å²) in [5.41, 5.74) is 0. The lowest BCUT2D eigenvalue weighted by molar-refractivity contribution is 0.376. The summed E-state index contributed by atoms with van der Waals surface area (Å²) in [4.78, 5) is 0. The summed E-state index contributed by atoms with van der Waals surface area (Å²) in [5, 5.41) is 0. The van der Waals surface area contributed by atoms with Crippen LogP contribution in [0.5, 0.6) is 0 Å². The van der Waals surface area contributed by atoms with Gasteiger partial charge in [0, 0.05) is 0 Å². The normalized spacial score (nSPS) is 31.1. The Morgan fingerprint density at radius 3 is 2.55 bits per heavy atom. The van der Waals surface area contributed by atoms with Crippen molar-refractivity contribution in [2.24, 2.45) is 11.8 Å². The average Bonchev–Trinajstić information content (AvgIpc) is 2.37. The van der Waals surface area contributed by atoms with Crippen LogP contribution in [0.4, 0.5) is 0 Å². The summed E-state index contributed by atoms with van der Waals surface area (Å²) in [5.74, 6) is 2.12. The lowest BCUT2D eigenvalue weighted by atomic mass is 9.92. The molecule has 0 nitrogen and oxygen atoms in total. The van der Waals surface area contributed by atoms with Gasteiger partial charge in [0.25, 0.3) is 0 Å². The molecule has 0 saturated heterocycles. The first-order valence-corrected chi connectivity index (χ1v) is 5.34. The summed E-state index contributed by atoms with van der Waals surface area (Å²) in [6.07, 6.45) is 10.3. The van der Waals surface area contributed by atoms with E-state index in [1.54, 1.807) is 0 Å². The second-order valence-corrected chi connectivity index (χ2v) is 4.16. The Hall–Kier alpha value is 0. The van der Waals surface area contributed by atoms with Gasteiger partial charge in [-0.15, -0.1) is 0 Å². The van der Waals surface area contributed by atoms with Gasteiger partial charge in [0.05, 0.1) is 0 Å². The maximum atomic E-state index is 2.43. The Bertz CT molecular complexity index is 96.2. The SMILES string of the molecule is CCCCC[C@@H]1CCCC1C. The Balaban J connectivity index is 2.05. The van der Waals surface area contributed by atoms with Crippen LogP contribution in [0.25, 0.3) is 0 Å². The highest BCUT2D eigenvalue weighted by molar-refractivity contribution is 4.73. The zero-order valence-corrected chi connectivity index (χ0v) is 8.10. The average molecular weight is 154 g/mol. The van der Waals surface area contributed by atoms with E-state index in [0.717, 1.165) is 11.8 Å². The van der Waals surface area contributed by atoms with Crippen molar-refractivity contribution in [2.75, 3.05) is 0 Å². The Morgan fingerprint density at radius 2 is 2.00 bits per heavy atom. The number of hydrogen-bond acceptors (Lipinski definition) is 0. The van der Waals surface area contributed by atoms with Gasteiger partial charge in [0.15, 0.2) is 0 Å². The van der Waals surface area contributed by atoms with Gasteiger partial charge in [-0.2, -0.15) is 0 Å². The molecule has 0 aromatic rings. The first-order chi connectivity index (χ1) is 5.34. The zero-order valence-electron chi connectivity index (χ0n) is 8.10. The van der Waals surface area contributed by atoms with Crippen molar-refractivity contribution in [3.8, 4) is 0 Å². The van der Waals surface area contributed by atoms with Crippen LogP contribution in [0.2, 0.25) is 0 Å². The highest BCUT2D eigenvalue weighted by Crippen LogP contribution is 2.34. The second-order valence-electron chi connectivity index (χ2n) is 4.16. The third-order valence-electron chi connectivity index (χ3n) is 3.22. The van der Waals surface area contributed by atoms with Gasteiger partial charge in [-0.25, -0.2) is 0 Å². The van der Waals surface area contributed by atoms with Crippen LogP contribution in [0.1, 0.15) is 58.8 Å². The quantitative estimate of drug-likeness (QED) is 0.537. The molecule has 1 fully saturated rings. The molecule has 0 heteroatoms. The lowest BCUT2D eigenvalue weighted by Crippen LogP contribution is -2.02. The van der Waals surface area contributed by atoms with E-state index >= 15 is 0 Å². The Morgan fingerprint density at radius 1 is 1.18 bits per heavy atom. The van der Waals surface area contributed by atoms with Crippen molar-refractivity contribution in [2.45, 2.75) is 58.8 Å². The largest absolute Gasteiger partial charge is 0.0654 e. The Kier molecular flexibility index (Phi) is 3.96. The fourth-order valence-corrected chi connectivity index (χ4v) is 2.31. The summed E-state index contributed by atoms with van der Waals surface area (Å²) < 4.78 is 0. The molecule has 1 rings (SSSR count). The molecule has 0 bridgehead atoms. The molecule has 0 aliphatic heterocycles. The number of hydrogen-bond donors (Lipinski definition) is 0. The summed E-state index contributed by atoms with van der Waals surface area (Å²) in [7, 11) is 0. The van der Waals surface area contributed by atoms with E-state index in [4.69, 9.17) is 0 Å². The lowest BCUT2D eigenvalue weighted by Gasteiger charge is -2.13. The van der Waals surface area contributed by atoms with E-state index in [-0.39, 0.29) is 0 Å². The number of unbranched alkanes of at least 4 members (excludes halogenated alkanes) is 2. The fourth-order valence-electron chi connectivity index (χ4n) is 2.31. The first-order valence-electron chi connectivity index (χ1n) is 5.34. The highest BCUT2D eigenvalue weighted by Gasteiger charge is 2.21. The smallest absolute Gasteiger partial charge is 0.0388 e. The number of rotatable bonds is 4. The molecule has 0 radical (unpaired) electrons. The predicted octanol–water partition coefficient (Wildman–Crippen LogP) is 4.00. The molecule has 11 heavy (non-hydrogen) atoms. The topological polar surface area (TPSA) is 0 Å². The van der Waals surface area contributed by atoms with Crippen molar-refractivity contribution >= 4 is 0 Å². The summed E-state index contributed by atoms with van der Waals surface area (Å²) in [6, 6.07) is 0. The van der Waals surface area contributed by atoms with Crippen LogP contribution in [0.15, 0.2) is 0 Å². The van der Waals surface area contributed by atoms with Gasteiger partial charge in [0.1, 0.15) is 0 Å². The summed E-state index contributed by atoms with van der Waals surface area (Å²) >= 11 is 0. The van der Waals surface area contributed by atoms with Gasteiger partial charge in [-0.3, -0.25) is 0 Å². The van der Waals surface area contributed by atoms with Gasteiger partial charge in [-0.1, -0.05) is 58.8 Å². The minimum Gasteiger partial charge on any atom is -0.0654 e. The standard InChI is InChI=1S/C11H22/c1-3-4-5-8-11-9-6-7-10(11)2/h10-11H,3-9H2,1-2H3/t10?,11-/m1/s1. The fraction of sp³-hybridized carbons (Fsp3) is 1.00. The third-order valence-corrected chi connectivity index (χ3v) is 3.22. The molecule has 0 aromatic heterocycles. The van der Waals surface area contributed by atoms with Crippen LogP contribution >= 0.6 is 0 Å². The predicted molar refractivity (Wildman–Crippen MR) is 50.6 cm³/mol. The molecule has 66 valence electrons. The Labute approximate surface area is 71.4 Å². The van der Waals surface area contributed by atoms with E-state index in [9.17, 15) is 0 Å². The zero-order chi connectivity index (χ0) is 8.10. The van der Waals surface area contributed by atoms with Crippen LogP contribution in [-0.2, 0) is 0 Å². The minimum absolute atomic E-state index is 1.03. The van der Waals surface area contributed by atoms with Gasteiger partial charge in [0.2, 0.25) is 0 Å². The minimum atomic E-state index is 1.03. The molecule has 1 aliphatic rings. The molecule has 0 spiro atoms. The molecule has 0 amide bonds. The van der Waals surface area contributed by atoms with E-state index in [1.165, 1.54) is 44.9 Å². The maximum Gasteiger partial charge on any atom is -0.0388 e. The maximum absolute atomic E-state index is 2.43. The van der Waals surface area contributed by atoms with Crippen molar-refractivity contribution in [3.63, 3.8) is 0 Å². The molecule has 1 saturated carbocycles. The van der Waals surface area contributed by atoms with Crippen molar-refractivity contribution < 1.29 is 0 Å². The van der Waals surface area contributed by atoms with Crippen LogP contribution in [-0.4, -0.2) is 0 Å². The van der Waals surface area contributed by atoms with Crippen LogP contribution in [0.3, 0.4) is 0 Å². The molecule has 1 aliphatic carbocycles. The van der Waals surface area contributed by atoms with Crippen molar-refractivity contribution in [1.29, 1.82) is 0 Å². The van der Waals surface area contributed by atoms with Crippen LogP contribution in [0, 0.1) is 11.8 Å². The van der Waals surface area contributed by atoms with E-state index < -0.39 is 0 Å². The van der Waals surface area contributed by atoms with Gasteiger partial charge in [-0.05, 0) is 11.8 Å². The molecule has 0 aromatic carbocycles. The van der Waals surface area contributed by atoms with Crippen molar-refractivity contribution in [1.82, 2.24) is 0 Å². The highest BCUT2D eigenvalue weighted by atomic mass is 14.3. The van der Waals surface area contributed by atoms with Gasteiger partial charge >= 0.3 is 0 Å². The van der Waals surface area contributed by atoms with Crippen molar-refractivity contribution in [3.05, 3.63) is 0 Å². The van der Waals surface area contributed by atoms with E-state index in [1.807, 2.05) is 0 Å². The summed E-state index contributed by atoms with van der Waals surface area (Å²) in [6.45, 7) is 4.72. The molecule has 0 N–H and O–H groups in total. The second kappa shape index (κ2) is 4.79. The molecular formula is C11H22. The van der Waals surface area contributed by atoms with E-state index in [0.29, 0.717) is 0 Å². The molecule has 0 heterocycles. The van der Waals surface area contributed by atoms with Crippen LogP contribution < -0.4 is 0 Å². The molecule has 1 unspecified atom stereocenters. The van der Waals surface area contributed by atoms with E-state index in [2.05, 4.69) is 13.8 Å². The molecule has 2 atom stereocenters. The first kappa shape index (κ1) is 9.09. The van der Waals surface area contributed by atoms with Gasteiger partial charge < -0.3 is 0 Å². The monoisotopic (exact) mass is 154 g/mol. The third kappa shape index (κ3) is 2.84.